The van der Waals surface area contributed by atoms with E-state index < -0.39 is 0 Å². The minimum Gasteiger partial charge on any atom is -0.493 e. The first-order valence-electron chi connectivity index (χ1n) is 7.57. The molecule has 0 aromatic heterocycles. The fourth-order valence-corrected chi connectivity index (χ4v) is 2.80. The van der Waals surface area contributed by atoms with Crippen LogP contribution >= 0.6 is 0 Å². The maximum atomic E-state index is 12.0. The van der Waals surface area contributed by atoms with Crippen molar-refractivity contribution in [1.82, 2.24) is 4.90 Å². The summed E-state index contributed by atoms with van der Waals surface area (Å²) in [7, 11) is 1.82. The lowest BCUT2D eigenvalue weighted by atomic mass is 9.82. The summed E-state index contributed by atoms with van der Waals surface area (Å²) < 4.78 is 5.66. The largest absolute Gasteiger partial charge is 0.493 e. The van der Waals surface area contributed by atoms with E-state index in [1.807, 2.05) is 33.0 Å². The Bertz CT molecular complexity index is 475. The van der Waals surface area contributed by atoms with Gasteiger partial charge in [-0.3, -0.25) is 4.79 Å². The number of aryl methyl sites for hydroxylation is 2. The number of aliphatic hydroxyl groups is 1. The minimum absolute atomic E-state index is 0.0979. The molecule has 1 fully saturated rings. The van der Waals surface area contributed by atoms with Crippen molar-refractivity contribution in [3.63, 3.8) is 0 Å². The highest BCUT2D eigenvalue weighted by Gasteiger charge is 2.28. The number of rotatable bonds is 6. The van der Waals surface area contributed by atoms with Gasteiger partial charge in [0.2, 0.25) is 5.91 Å². The van der Waals surface area contributed by atoms with Crippen molar-refractivity contribution < 1.29 is 14.6 Å². The summed E-state index contributed by atoms with van der Waals surface area (Å²) in [4.78, 5) is 13.8. The number of nitrogens with zero attached hydrogens (tertiary/aromatic N) is 1. The second kappa shape index (κ2) is 6.94. The number of hydrogen-bond acceptors (Lipinski definition) is 3. The van der Waals surface area contributed by atoms with Gasteiger partial charge < -0.3 is 14.7 Å². The molecule has 4 nitrogen and oxygen atoms in total. The first-order valence-corrected chi connectivity index (χ1v) is 7.57. The Kier molecular flexibility index (Phi) is 5.23. The van der Waals surface area contributed by atoms with Gasteiger partial charge in [-0.05, 0) is 55.9 Å². The summed E-state index contributed by atoms with van der Waals surface area (Å²) >= 11 is 0. The first-order chi connectivity index (χ1) is 9.94. The normalized spacial score (nSPS) is 20.8. The Morgan fingerprint density at radius 1 is 1.29 bits per heavy atom. The first kappa shape index (κ1) is 15.8. The van der Waals surface area contributed by atoms with Crippen LogP contribution in [0.5, 0.6) is 5.75 Å². The molecule has 1 aromatic carbocycles. The average molecular weight is 291 g/mol. The van der Waals surface area contributed by atoms with E-state index in [0.717, 1.165) is 36.3 Å². The van der Waals surface area contributed by atoms with Crippen LogP contribution in [-0.4, -0.2) is 42.2 Å². The number of amides is 1. The van der Waals surface area contributed by atoms with Gasteiger partial charge >= 0.3 is 0 Å². The van der Waals surface area contributed by atoms with Crippen molar-refractivity contribution in [2.75, 3.05) is 20.2 Å². The molecule has 2 rings (SSSR count). The highest BCUT2D eigenvalue weighted by atomic mass is 16.5. The van der Waals surface area contributed by atoms with Crippen LogP contribution in [0, 0.1) is 19.8 Å². The zero-order valence-electron chi connectivity index (χ0n) is 13.1. The predicted octanol–water partition coefficient (Wildman–Crippen LogP) is 2.30. The van der Waals surface area contributed by atoms with Crippen molar-refractivity contribution in [3.8, 4) is 5.75 Å². The van der Waals surface area contributed by atoms with Crippen molar-refractivity contribution in [1.29, 1.82) is 0 Å². The fourth-order valence-electron chi connectivity index (χ4n) is 2.80. The van der Waals surface area contributed by atoms with Gasteiger partial charge in [-0.25, -0.2) is 0 Å². The average Bonchev–Trinajstić information content (AvgIpc) is 2.35. The number of carbonyl (C=O) groups excluding carboxylic acids is 1. The highest BCUT2D eigenvalue weighted by molar-refractivity contribution is 5.76. The predicted molar refractivity (Wildman–Crippen MR) is 82.4 cm³/mol. The zero-order valence-corrected chi connectivity index (χ0v) is 13.1. The quantitative estimate of drug-likeness (QED) is 0.875. The van der Waals surface area contributed by atoms with Crippen LogP contribution in [0.15, 0.2) is 18.2 Å². The van der Waals surface area contributed by atoms with Crippen LogP contribution in [0.1, 0.15) is 30.4 Å². The van der Waals surface area contributed by atoms with Crippen LogP contribution in [-0.2, 0) is 4.79 Å². The van der Waals surface area contributed by atoms with Crippen LogP contribution in [0.25, 0.3) is 0 Å². The van der Waals surface area contributed by atoms with Crippen molar-refractivity contribution in [2.45, 2.75) is 39.2 Å². The van der Waals surface area contributed by atoms with E-state index in [1.165, 1.54) is 0 Å². The molecule has 1 aliphatic rings. The summed E-state index contributed by atoms with van der Waals surface area (Å²) in [5.74, 6) is 1.38. The molecule has 1 N–H and O–H groups in total. The SMILES string of the molecule is Cc1cc(C)cc(OCCC(=O)N(C)CC2CC(O)C2)c1. The van der Waals surface area contributed by atoms with Gasteiger partial charge in [-0.15, -0.1) is 0 Å². The van der Waals surface area contributed by atoms with E-state index in [0.29, 0.717) is 18.9 Å². The Balaban J connectivity index is 1.71. The van der Waals surface area contributed by atoms with Gasteiger partial charge in [0.25, 0.3) is 0 Å². The Morgan fingerprint density at radius 2 is 1.90 bits per heavy atom. The zero-order chi connectivity index (χ0) is 15.4. The van der Waals surface area contributed by atoms with E-state index in [-0.39, 0.29) is 12.0 Å². The summed E-state index contributed by atoms with van der Waals surface area (Å²) in [6.45, 7) is 5.20. The molecule has 0 unspecified atom stereocenters. The molecule has 1 saturated carbocycles. The van der Waals surface area contributed by atoms with Gasteiger partial charge in [-0.1, -0.05) is 6.07 Å². The molecule has 1 aliphatic carbocycles. The molecular formula is C17H25NO3. The number of ether oxygens (including phenoxy) is 1. The highest BCUT2D eigenvalue weighted by Crippen LogP contribution is 2.27. The molecule has 21 heavy (non-hydrogen) atoms. The molecule has 0 aliphatic heterocycles. The lowest BCUT2D eigenvalue weighted by Crippen LogP contribution is -2.39. The third-order valence-electron chi connectivity index (χ3n) is 3.95. The molecule has 0 atom stereocenters. The molecule has 0 radical (unpaired) electrons. The number of hydrogen-bond donors (Lipinski definition) is 1. The van der Waals surface area contributed by atoms with Gasteiger partial charge in [0.1, 0.15) is 5.75 Å². The van der Waals surface area contributed by atoms with E-state index in [4.69, 9.17) is 4.74 Å². The lowest BCUT2D eigenvalue weighted by molar-refractivity contribution is -0.132. The third kappa shape index (κ3) is 4.74. The van der Waals surface area contributed by atoms with Crippen LogP contribution in [0.2, 0.25) is 0 Å². The number of aliphatic hydroxyl groups excluding tert-OH is 1. The van der Waals surface area contributed by atoms with E-state index >= 15 is 0 Å². The number of carbonyl (C=O) groups is 1. The van der Waals surface area contributed by atoms with Crippen molar-refractivity contribution >= 4 is 5.91 Å². The van der Waals surface area contributed by atoms with Crippen molar-refractivity contribution in [3.05, 3.63) is 29.3 Å². The van der Waals surface area contributed by atoms with Crippen LogP contribution in [0.3, 0.4) is 0 Å². The van der Waals surface area contributed by atoms with Gasteiger partial charge in [-0.2, -0.15) is 0 Å². The lowest BCUT2D eigenvalue weighted by Gasteiger charge is -2.34. The minimum atomic E-state index is -0.161. The molecule has 0 heterocycles. The van der Waals surface area contributed by atoms with Crippen LogP contribution in [0.4, 0.5) is 0 Å². The molecular weight excluding hydrogens is 266 g/mol. The summed E-state index contributed by atoms with van der Waals surface area (Å²) in [6.07, 6.45) is 1.86. The van der Waals surface area contributed by atoms with E-state index in [2.05, 4.69) is 6.07 Å². The van der Waals surface area contributed by atoms with Gasteiger partial charge in [0.15, 0.2) is 0 Å². The summed E-state index contributed by atoms with van der Waals surface area (Å²) in [5, 5.41) is 9.26. The second-order valence-corrected chi connectivity index (χ2v) is 6.19. The van der Waals surface area contributed by atoms with E-state index in [9.17, 15) is 9.90 Å². The fraction of sp³-hybridized carbons (Fsp3) is 0.588. The molecule has 116 valence electrons. The Morgan fingerprint density at radius 3 is 2.48 bits per heavy atom. The smallest absolute Gasteiger partial charge is 0.225 e. The molecule has 1 aromatic rings. The maximum Gasteiger partial charge on any atom is 0.225 e. The Hall–Kier alpha value is -1.55. The third-order valence-corrected chi connectivity index (χ3v) is 3.95. The maximum absolute atomic E-state index is 12.0. The van der Waals surface area contributed by atoms with Crippen molar-refractivity contribution in [2.24, 2.45) is 5.92 Å². The molecule has 0 spiro atoms. The number of benzene rings is 1. The summed E-state index contributed by atoms with van der Waals surface area (Å²) in [5.41, 5.74) is 2.33. The molecule has 0 bridgehead atoms. The second-order valence-electron chi connectivity index (χ2n) is 6.19. The van der Waals surface area contributed by atoms with Gasteiger partial charge in [0.05, 0.1) is 19.1 Å². The standard InChI is InChI=1S/C17H25NO3/c1-12-6-13(2)8-16(7-12)21-5-4-17(20)18(3)11-14-9-15(19)10-14/h6-8,14-15,19H,4-5,9-11H2,1-3H3. The topological polar surface area (TPSA) is 49.8 Å². The van der Waals surface area contributed by atoms with Gasteiger partial charge in [0, 0.05) is 13.6 Å². The molecule has 4 heteroatoms. The monoisotopic (exact) mass is 291 g/mol. The van der Waals surface area contributed by atoms with Crippen LogP contribution < -0.4 is 4.74 Å². The molecule has 1 amide bonds. The Labute approximate surface area is 126 Å². The molecule has 0 saturated heterocycles. The van der Waals surface area contributed by atoms with E-state index in [1.54, 1.807) is 4.90 Å². The summed E-state index contributed by atoms with van der Waals surface area (Å²) in [6, 6.07) is 6.06.